The lowest BCUT2D eigenvalue weighted by molar-refractivity contribution is 0.662. The second-order valence-electron chi connectivity index (χ2n) is 8.33. The SMILES string of the molecule is CC1(C)c2ccccc2-c2ccc(-c3ccc(N)cc3)c(-c3ccc(N)cc3)c21. The third-order valence-corrected chi connectivity index (χ3v) is 6.14. The van der Waals surface area contributed by atoms with E-state index in [0.29, 0.717) is 0 Å². The molecule has 2 heteroatoms. The zero-order chi connectivity index (χ0) is 20.2. The number of hydrogen-bond donors (Lipinski definition) is 2. The van der Waals surface area contributed by atoms with Crippen molar-refractivity contribution < 1.29 is 0 Å². The van der Waals surface area contributed by atoms with Crippen molar-refractivity contribution >= 4 is 11.4 Å². The van der Waals surface area contributed by atoms with Crippen molar-refractivity contribution in [2.45, 2.75) is 19.3 Å². The Morgan fingerprint density at radius 1 is 0.552 bits per heavy atom. The van der Waals surface area contributed by atoms with E-state index < -0.39 is 0 Å². The summed E-state index contributed by atoms with van der Waals surface area (Å²) >= 11 is 0. The Hall–Kier alpha value is -3.52. The van der Waals surface area contributed by atoms with E-state index in [2.05, 4.69) is 74.5 Å². The first-order valence-electron chi connectivity index (χ1n) is 9.96. The maximum Gasteiger partial charge on any atom is 0.0314 e. The van der Waals surface area contributed by atoms with E-state index >= 15 is 0 Å². The molecule has 4 N–H and O–H groups in total. The highest BCUT2D eigenvalue weighted by Crippen LogP contribution is 2.54. The van der Waals surface area contributed by atoms with Gasteiger partial charge in [0.25, 0.3) is 0 Å². The zero-order valence-corrected chi connectivity index (χ0v) is 16.7. The second kappa shape index (κ2) is 6.25. The first-order chi connectivity index (χ1) is 14.0. The zero-order valence-electron chi connectivity index (χ0n) is 16.7. The molecular weight excluding hydrogens is 352 g/mol. The fourth-order valence-electron chi connectivity index (χ4n) is 4.73. The molecule has 0 atom stereocenters. The van der Waals surface area contributed by atoms with E-state index in [1.807, 2.05) is 24.3 Å². The smallest absolute Gasteiger partial charge is 0.0314 e. The number of hydrogen-bond acceptors (Lipinski definition) is 2. The predicted octanol–water partition coefficient (Wildman–Crippen LogP) is 6.49. The molecule has 29 heavy (non-hydrogen) atoms. The Labute approximate surface area is 171 Å². The van der Waals surface area contributed by atoms with Gasteiger partial charge in [-0.3, -0.25) is 0 Å². The summed E-state index contributed by atoms with van der Waals surface area (Å²) in [7, 11) is 0. The lowest BCUT2D eigenvalue weighted by Crippen LogP contribution is -2.16. The van der Waals surface area contributed by atoms with E-state index in [-0.39, 0.29) is 5.41 Å². The van der Waals surface area contributed by atoms with Gasteiger partial charge in [0.1, 0.15) is 0 Å². The Bertz CT molecular complexity index is 1220. The molecule has 0 radical (unpaired) electrons. The molecule has 0 amide bonds. The van der Waals surface area contributed by atoms with Crippen LogP contribution in [0.1, 0.15) is 25.0 Å². The van der Waals surface area contributed by atoms with Crippen LogP contribution in [0.3, 0.4) is 0 Å². The number of nitrogen functional groups attached to an aromatic ring is 2. The average Bonchev–Trinajstić information content (AvgIpc) is 2.97. The summed E-state index contributed by atoms with van der Waals surface area (Å²) in [5, 5.41) is 0. The van der Waals surface area contributed by atoms with Crippen LogP contribution >= 0.6 is 0 Å². The summed E-state index contributed by atoms with van der Waals surface area (Å²) in [5.74, 6) is 0. The Morgan fingerprint density at radius 3 is 1.76 bits per heavy atom. The summed E-state index contributed by atoms with van der Waals surface area (Å²) in [6.45, 7) is 4.65. The van der Waals surface area contributed by atoms with Crippen LogP contribution in [0.4, 0.5) is 11.4 Å². The van der Waals surface area contributed by atoms with Gasteiger partial charge < -0.3 is 11.5 Å². The molecule has 0 spiro atoms. The van der Waals surface area contributed by atoms with Crippen LogP contribution in [0.15, 0.2) is 84.9 Å². The van der Waals surface area contributed by atoms with Crippen LogP contribution in [-0.4, -0.2) is 0 Å². The number of rotatable bonds is 2. The minimum Gasteiger partial charge on any atom is -0.399 e. The molecule has 5 rings (SSSR count). The maximum atomic E-state index is 5.99. The molecule has 0 heterocycles. The number of fused-ring (bicyclic) bond motifs is 3. The third kappa shape index (κ3) is 2.64. The summed E-state index contributed by atoms with van der Waals surface area (Å²) in [6.07, 6.45) is 0. The predicted molar refractivity (Wildman–Crippen MR) is 124 cm³/mol. The molecule has 1 aliphatic rings. The van der Waals surface area contributed by atoms with Gasteiger partial charge in [0.05, 0.1) is 0 Å². The fraction of sp³-hybridized carbons (Fsp3) is 0.111. The van der Waals surface area contributed by atoms with Crippen molar-refractivity contribution in [1.82, 2.24) is 0 Å². The second-order valence-corrected chi connectivity index (χ2v) is 8.33. The van der Waals surface area contributed by atoms with Gasteiger partial charge in [-0.05, 0) is 68.8 Å². The molecule has 0 aliphatic heterocycles. The van der Waals surface area contributed by atoms with Crippen molar-refractivity contribution in [2.24, 2.45) is 0 Å². The monoisotopic (exact) mass is 376 g/mol. The minimum atomic E-state index is -0.0908. The lowest BCUT2D eigenvalue weighted by atomic mass is 9.76. The molecule has 0 saturated heterocycles. The Morgan fingerprint density at radius 2 is 1.10 bits per heavy atom. The first kappa shape index (κ1) is 17.6. The van der Waals surface area contributed by atoms with Crippen LogP contribution in [0.5, 0.6) is 0 Å². The molecule has 4 aromatic rings. The van der Waals surface area contributed by atoms with Gasteiger partial charge in [-0.1, -0.05) is 74.5 Å². The van der Waals surface area contributed by atoms with Crippen molar-refractivity contribution in [2.75, 3.05) is 11.5 Å². The quantitative estimate of drug-likeness (QED) is 0.393. The largest absolute Gasteiger partial charge is 0.399 e. The van der Waals surface area contributed by atoms with Crippen molar-refractivity contribution in [3.63, 3.8) is 0 Å². The number of benzene rings is 4. The molecular formula is C27H24N2. The molecule has 1 aliphatic carbocycles. The van der Waals surface area contributed by atoms with Gasteiger partial charge in [-0.25, -0.2) is 0 Å². The summed E-state index contributed by atoms with van der Waals surface area (Å²) < 4.78 is 0. The molecule has 0 fully saturated rings. The van der Waals surface area contributed by atoms with Gasteiger partial charge in [-0.2, -0.15) is 0 Å². The van der Waals surface area contributed by atoms with Crippen molar-refractivity contribution in [3.05, 3.63) is 96.1 Å². The summed E-state index contributed by atoms with van der Waals surface area (Å²) in [5.41, 5.74) is 23.6. The minimum absolute atomic E-state index is 0.0908. The van der Waals surface area contributed by atoms with E-state index in [4.69, 9.17) is 11.5 Å². The van der Waals surface area contributed by atoms with Crippen molar-refractivity contribution in [1.29, 1.82) is 0 Å². The topological polar surface area (TPSA) is 52.0 Å². The Kier molecular flexibility index (Phi) is 3.78. The molecule has 4 aromatic carbocycles. The fourth-order valence-corrected chi connectivity index (χ4v) is 4.73. The Balaban J connectivity index is 1.87. The van der Waals surface area contributed by atoms with Crippen LogP contribution in [0.25, 0.3) is 33.4 Å². The molecule has 0 unspecified atom stereocenters. The van der Waals surface area contributed by atoms with Gasteiger partial charge in [0.15, 0.2) is 0 Å². The van der Waals surface area contributed by atoms with Gasteiger partial charge >= 0.3 is 0 Å². The third-order valence-electron chi connectivity index (χ3n) is 6.14. The van der Waals surface area contributed by atoms with E-state index in [1.165, 1.54) is 44.5 Å². The molecule has 0 bridgehead atoms. The molecule has 0 aromatic heterocycles. The van der Waals surface area contributed by atoms with Crippen LogP contribution in [-0.2, 0) is 5.41 Å². The maximum absolute atomic E-state index is 5.99. The number of nitrogens with two attached hydrogens (primary N) is 2. The summed E-state index contributed by atoms with van der Waals surface area (Å²) in [6, 6.07) is 29.6. The molecule has 142 valence electrons. The number of anilines is 2. The van der Waals surface area contributed by atoms with E-state index in [0.717, 1.165) is 11.4 Å². The van der Waals surface area contributed by atoms with Gasteiger partial charge in [0, 0.05) is 16.8 Å². The highest BCUT2D eigenvalue weighted by molar-refractivity contribution is 5.95. The average molecular weight is 377 g/mol. The van der Waals surface area contributed by atoms with E-state index in [9.17, 15) is 0 Å². The van der Waals surface area contributed by atoms with Crippen molar-refractivity contribution in [3.8, 4) is 33.4 Å². The van der Waals surface area contributed by atoms with Gasteiger partial charge in [0.2, 0.25) is 0 Å². The van der Waals surface area contributed by atoms with Crippen LogP contribution in [0.2, 0.25) is 0 Å². The highest BCUT2D eigenvalue weighted by Gasteiger charge is 2.38. The molecule has 0 saturated carbocycles. The highest BCUT2D eigenvalue weighted by atomic mass is 14.5. The van der Waals surface area contributed by atoms with Gasteiger partial charge in [-0.15, -0.1) is 0 Å². The first-order valence-corrected chi connectivity index (χ1v) is 9.96. The normalized spacial score (nSPS) is 13.7. The van der Waals surface area contributed by atoms with Crippen LogP contribution in [0, 0.1) is 0 Å². The van der Waals surface area contributed by atoms with Crippen LogP contribution < -0.4 is 11.5 Å². The molecule has 2 nitrogen and oxygen atoms in total. The standard InChI is InChI=1S/C27H24N2/c1-27(2)24-6-4-3-5-22(24)23-16-15-21(17-7-11-19(28)12-8-17)25(26(23)27)18-9-13-20(29)14-10-18/h3-16H,28-29H2,1-2H3. The van der Waals surface area contributed by atoms with E-state index in [1.54, 1.807) is 0 Å². The summed E-state index contributed by atoms with van der Waals surface area (Å²) in [4.78, 5) is 0. The lowest BCUT2D eigenvalue weighted by Gasteiger charge is -2.26.